The minimum Gasteiger partial charge on any atom is -0.508 e. The van der Waals surface area contributed by atoms with Crippen LogP contribution in [0.1, 0.15) is 20.7 Å². The van der Waals surface area contributed by atoms with E-state index in [2.05, 4.69) is 121 Å². The van der Waals surface area contributed by atoms with Gasteiger partial charge in [-0.1, -0.05) is 81.6 Å². The van der Waals surface area contributed by atoms with Crippen molar-refractivity contribution in [3.8, 4) is 17.2 Å². The number of halogens is 5. The molecule has 0 saturated heterocycles. The summed E-state index contributed by atoms with van der Waals surface area (Å²) in [4.78, 5) is 52.6. The van der Waals surface area contributed by atoms with Crippen LogP contribution in [-0.4, -0.2) is 61.2 Å². The molecule has 2 aromatic carbocycles. The van der Waals surface area contributed by atoms with Crippen LogP contribution < -0.4 is 14.7 Å². The number of aromatic hydroxyl groups is 1. The molecule has 8 aromatic heterocycles. The number of fused-ring (bicyclic) bond motifs is 4. The fourth-order valence-corrected chi connectivity index (χ4v) is 6.09. The van der Waals surface area contributed by atoms with Crippen molar-refractivity contribution in [1.82, 2.24) is 39.9 Å². The predicted molar refractivity (Wildman–Crippen MR) is 266 cm³/mol. The number of carbonyl (C=O) groups excluding carboxylic acids is 2. The molecule has 0 aliphatic carbocycles. The molecule has 10 aromatic rings. The molecule has 0 bridgehead atoms. The molecule has 0 radical (unpaired) electrons. The van der Waals surface area contributed by atoms with E-state index in [0.717, 1.165) is 72.7 Å². The van der Waals surface area contributed by atoms with Gasteiger partial charge in [-0.2, -0.15) is 0 Å². The van der Waals surface area contributed by atoms with Crippen molar-refractivity contribution >= 4 is 128 Å². The Labute approximate surface area is 452 Å². The summed E-state index contributed by atoms with van der Waals surface area (Å²) >= 11 is 14.4. The molecule has 0 spiro atoms. The number of rotatable bonds is 4. The molecule has 0 saturated carbocycles. The molecule has 0 unspecified atom stereocenters. The first-order valence-corrected chi connectivity index (χ1v) is 23.4. The first kappa shape index (κ1) is 60.1. The minimum absolute atomic E-state index is 0. The minimum atomic E-state index is -0.915. The third kappa shape index (κ3) is 18.3. The summed E-state index contributed by atoms with van der Waals surface area (Å²) in [5.74, 6) is -2.89. The van der Waals surface area contributed by atoms with E-state index in [1.807, 2.05) is 42.6 Å². The summed E-state index contributed by atoms with van der Waals surface area (Å²) in [6.45, 7) is 0. The van der Waals surface area contributed by atoms with Crippen molar-refractivity contribution in [1.29, 1.82) is 0 Å². The van der Waals surface area contributed by atoms with Gasteiger partial charge in [0.15, 0.2) is 0 Å². The Hall–Kier alpha value is -5.04. The molecule has 10 rings (SSSR count). The number of nitrogens with zero attached hydrogens (tertiary/aromatic N) is 6. The Kier molecular flexibility index (Phi) is 27.2. The average molecular weight is 1210 g/mol. The van der Waals surface area contributed by atoms with Crippen LogP contribution in [0.4, 0.5) is 13.2 Å². The first-order valence-electron chi connectivity index (χ1n) is 18.5. The third-order valence-electron chi connectivity index (χ3n) is 8.30. The molecule has 25 heteroatoms. The Morgan fingerprint density at radius 2 is 1.09 bits per heavy atom. The Morgan fingerprint density at radius 1 is 0.609 bits per heavy atom. The molecule has 352 valence electrons. The largest absolute Gasteiger partial charge is 0.508 e. The van der Waals surface area contributed by atoms with E-state index < -0.39 is 29.4 Å². The maximum Gasteiger partial charge on any atom is 0.341 e. The van der Waals surface area contributed by atoms with Gasteiger partial charge in [0, 0.05) is 93.9 Å². The molecule has 0 aliphatic rings. The standard InChI is InChI=1S/C15H11FN2O3.C8H6F2O2.C7H5BrN2.C7H4BrN2.C7H5N2O.2HPS.2Ti/c1-20-15(19)12-3-2-10(16)7-13(12)21-11-6-9-4-5-17-14(9)18-8-11;1-12-8(11)6-3-2-5(9)4-7(6)10;2*8-6-3-5-1-2-9-7(5)10-4-6;10-6-3-5-1-2-8-7(5)9-4-6;2*1-2;;/h2-8H,1H3,(H,17,18);2-4H,1H3;1-4H,(H,9,10);1-4H;1-4H,(H-,8,9,10);2*1H;;/q;;;2*-1;;;;. The molecule has 0 aliphatic heterocycles. The summed E-state index contributed by atoms with van der Waals surface area (Å²) in [5.41, 5.74) is 3.02. The quantitative estimate of drug-likeness (QED) is 0.0856. The second-order valence-corrected chi connectivity index (χ2v) is 14.4. The number of methoxy groups -OCH3 is 2. The molecule has 3 N–H and O–H groups in total. The van der Waals surface area contributed by atoms with Gasteiger partial charge in [0.05, 0.1) is 26.0 Å². The normalized spacial score (nSPS) is 9.55. The zero-order chi connectivity index (χ0) is 48.9. The zero-order valence-corrected chi connectivity index (χ0v) is 45.5. The van der Waals surface area contributed by atoms with Crippen LogP contribution in [0, 0.1) is 17.5 Å². The van der Waals surface area contributed by atoms with Gasteiger partial charge in [0.1, 0.15) is 51.6 Å². The van der Waals surface area contributed by atoms with Crippen molar-refractivity contribution < 1.29 is 85.5 Å². The summed E-state index contributed by atoms with van der Waals surface area (Å²) in [6, 6.07) is 21.3. The topological polar surface area (TPSA) is 193 Å². The van der Waals surface area contributed by atoms with Crippen LogP contribution >= 0.6 is 47.9 Å². The van der Waals surface area contributed by atoms with E-state index in [1.165, 1.54) is 31.6 Å². The van der Waals surface area contributed by atoms with Gasteiger partial charge < -0.3 is 49.2 Å². The van der Waals surface area contributed by atoms with E-state index in [9.17, 15) is 22.8 Å². The number of hydrogen-bond acceptors (Lipinski definition) is 12. The molecule has 69 heavy (non-hydrogen) atoms. The van der Waals surface area contributed by atoms with Crippen molar-refractivity contribution in [2.45, 2.75) is 0 Å². The fraction of sp³-hybridized carbons (Fsp3) is 0.0455. The van der Waals surface area contributed by atoms with Crippen LogP contribution in [0.2, 0.25) is 0 Å². The van der Waals surface area contributed by atoms with Gasteiger partial charge in [-0.15, -0.1) is 0 Å². The summed E-state index contributed by atoms with van der Waals surface area (Å²) in [6.07, 6.45) is 13.4. The summed E-state index contributed by atoms with van der Waals surface area (Å²) in [7, 11) is 7.49. The zero-order valence-electron chi connectivity index (χ0n) is 35.6. The van der Waals surface area contributed by atoms with Crippen LogP contribution in [0.25, 0.3) is 44.1 Å². The van der Waals surface area contributed by atoms with Gasteiger partial charge in [-0.05, 0) is 110 Å². The number of nitrogens with one attached hydrogen (secondary N) is 2. The number of pyridine rings is 4. The predicted octanol–water partition coefficient (Wildman–Crippen LogP) is 11.4. The van der Waals surface area contributed by atoms with Gasteiger partial charge in [0.25, 0.3) is 0 Å². The maximum absolute atomic E-state index is 13.4. The molecule has 14 nitrogen and oxygen atoms in total. The van der Waals surface area contributed by atoms with Gasteiger partial charge in [-0.3, -0.25) is 0 Å². The van der Waals surface area contributed by atoms with Crippen LogP contribution in [0.3, 0.4) is 0 Å². The second kappa shape index (κ2) is 31.2. The van der Waals surface area contributed by atoms with Crippen LogP contribution in [-0.2, 0) is 76.5 Å². The number of benzene rings is 2. The Balaban J connectivity index is 0.000000298. The molecular weight excluding hydrogens is 1180 g/mol. The smallest absolute Gasteiger partial charge is 0.341 e. The number of hydrogen-bond donors (Lipinski definition) is 3. The van der Waals surface area contributed by atoms with Gasteiger partial charge >= 0.3 is 11.9 Å². The number of ether oxygens (including phenoxy) is 3. The van der Waals surface area contributed by atoms with E-state index in [1.54, 1.807) is 43.1 Å². The molecule has 0 amide bonds. The maximum atomic E-state index is 13.4. The number of H-pyrrole nitrogens is 2. The number of esters is 2. The monoisotopic (exact) mass is 1210 g/mol. The molecular formula is C44H33Br2F3N8O6P2S2Ti2-2. The molecule has 8 heterocycles. The van der Waals surface area contributed by atoms with E-state index >= 15 is 0 Å². The molecule has 0 atom stereocenters. The van der Waals surface area contributed by atoms with Crippen molar-refractivity contribution in [3.05, 3.63) is 172 Å². The summed E-state index contributed by atoms with van der Waals surface area (Å²) in [5, 5.41) is 12.9. The third-order valence-corrected chi connectivity index (χ3v) is 9.17. The van der Waals surface area contributed by atoms with Crippen molar-refractivity contribution in [2.75, 3.05) is 14.2 Å². The van der Waals surface area contributed by atoms with E-state index in [0.29, 0.717) is 17.5 Å². The number of aromatic nitrogens is 8. The van der Waals surface area contributed by atoms with Gasteiger partial charge in [0.2, 0.25) is 0 Å². The SMILES string of the molecule is Brc1cnc2[n-]ccc2c1.Brc1cnc2[nH]ccc2c1.COC(=O)c1ccc(F)cc1F.COC(=O)c1ccc(F)cc1Oc1cnc2[nH]ccc2c1.Oc1cnc2[n-]ccc2c1.P=S.P=S.[Ti].[Ti]. The second-order valence-electron chi connectivity index (χ2n) is 12.6. The van der Waals surface area contributed by atoms with Crippen LogP contribution in [0.5, 0.6) is 17.2 Å². The summed E-state index contributed by atoms with van der Waals surface area (Å²) < 4.78 is 54.9. The van der Waals surface area contributed by atoms with Crippen LogP contribution in [0.15, 0.2) is 143 Å². The molecule has 0 fully saturated rings. The van der Waals surface area contributed by atoms with Crippen molar-refractivity contribution in [3.63, 3.8) is 0 Å². The van der Waals surface area contributed by atoms with Crippen molar-refractivity contribution in [2.24, 2.45) is 0 Å². The van der Waals surface area contributed by atoms with Gasteiger partial charge in [-0.25, -0.2) is 32.7 Å². The fourth-order valence-electron chi connectivity index (χ4n) is 5.39. The van der Waals surface area contributed by atoms with E-state index in [4.69, 9.17) is 9.84 Å². The number of aromatic amines is 2. The number of carbonyl (C=O) groups is 2. The average Bonchev–Trinajstić information content (AvgIpc) is 4.19. The first-order chi connectivity index (χ1) is 32.4. The van der Waals surface area contributed by atoms with E-state index in [-0.39, 0.29) is 66.1 Å². The Bertz CT molecular complexity index is 3040. The Morgan fingerprint density at radius 3 is 1.67 bits per heavy atom.